The topological polar surface area (TPSA) is 95.7 Å². The number of nitrogens with one attached hydrogen (secondary N) is 1. The predicted molar refractivity (Wildman–Crippen MR) is 71.4 cm³/mol. The highest BCUT2D eigenvalue weighted by Gasteiger charge is 2.18. The summed E-state index contributed by atoms with van der Waals surface area (Å²) in [5.41, 5.74) is 0.490. The number of benzene rings is 1. The number of hydrogen-bond donors (Lipinski definition) is 2. The van der Waals surface area contributed by atoms with Crippen LogP contribution in [-0.2, 0) is 0 Å². The lowest BCUT2D eigenvalue weighted by Crippen LogP contribution is -2.30. The molecule has 1 aromatic rings. The summed E-state index contributed by atoms with van der Waals surface area (Å²) in [7, 11) is 3.38. The third-order valence-corrected chi connectivity index (χ3v) is 2.47. The highest BCUT2D eigenvalue weighted by molar-refractivity contribution is 5.95. The zero-order chi connectivity index (χ0) is 14.6. The maximum Gasteiger partial charge on any atom is 0.293 e. The number of aliphatic hydroxyl groups is 1. The molecule has 0 fully saturated rings. The number of nitro benzene ring substituents is 1. The van der Waals surface area contributed by atoms with Crippen LogP contribution in [-0.4, -0.2) is 42.7 Å². The van der Waals surface area contributed by atoms with Gasteiger partial charge in [0.25, 0.3) is 11.6 Å². The van der Waals surface area contributed by atoms with Crippen molar-refractivity contribution in [1.82, 2.24) is 5.32 Å². The van der Waals surface area contributed by atoms with E-state index < -0.39 is 16.9 Å². The summed E-state index contributed by atoms with van der Waals surface area (Å²) in [5.74, 6) is -0.450. The van der Waals surface area contributed by atoms with Crippen LogP contribution < -0.4 is 10.2 Å². The Bertz CT molecular complexity index is 486. The van der Waals surface area contributed by atoms with Crippen molar-refractivity contribution in [2.75, 3.05) is 25.5 Å². The lowest BCUT2D eigenvalue weighted by molar-refractivity contribution is -0.384. The molecule has 0 aliphatic heterocycles. The second-order valence-electron chi connectivity index (χ2n) is 4.41. The van der Waals surface area contributed by atoms with E-state index in [9.17, 15) is 14.9 Å². The monoisotopic (exact) mass is 267 g/mol. The molecule has 0 aliphatic carbocycles. The highest BCUT2D eigenvalue weighted by atomic mass is 16.6. The molecule has 1 rings (SSSR count). The molecular weight excluding hydrogens is 250 g/mol. The van der Waals surface area contributed by atoms with Gasteiger partial charge in [-0.1, -0.05) is 0 Å². The fourth-order valence-corrected chi connectivity index (χ4v) is 1.53. The Morgan fingerprint density at radius 1 is 1.53 bits per heavy atom. The average Bonchev–Trinajstić information content (AvgIpc) is 2.34. The van der Waals surface area contributed by atoms with Gasteiger partial charge >= 0.3 is 0 Å². The number of nitro groups is 1. The smallest absolute Gasteiger partial charge is 0.293 e. The molecule has 1 atom stereocenters. The number of rotatable bonds is 5. The molecule has 7 heteroatoms. The van der Waals surface area contributed by atoms with E-state index in [0.29, 0.717) is 5.69 Å². The second-order valence-corrected chi connectivity index (χ2v) is 4.41. The van der Waals surface area contributed by atoms with Crippen LogP contribution in [0.1, 0.15) is 17.3 Å². The first-order chi connectivity index (χ1) is 8.82. The van der Waals surface area contributed by atoms with Gasteiger partial charge in [0.05, 0.1) is 11.0 Å². The fraction of sp³-hybridized carbons (Fsp3) is 0.417. The molecule has 19 heavy (non-hydrogen) atoms. The lowest BCUT2D eigenvalue weighted by atomic mass is 10.1. The molecule has 7 nitrogen and oxygen atoms in total. The van der Waals surface area contributed by atoms with Gasteiger partial charge in [-0.25, -0.2) is 0 Å². The van der Waals surface area contributed by atoms with Crippen LogP contribution in [0.15, 0.2) is 18.2 Å². The van der Waals surface area contributed by atoms with Crippen LogP contribution in [0.4, 0.5) is 11.4 Å². The van der Waals surface area contributed by atoms with Crippen molar-refractivity contribution in [2.45, 2.75) is 13.0 Å². The first kappa shape index (κ1) is 14.9. The number of nitrogens with zero attached hydrogens (tertiary/aromatic N) is 2. The van der Waals surface area contributed by atoms with Crippen molar-refractivity contribution in [3.05, 3.63) is 33.9 Å². The van der Waals surface area contributed by atoms with Gasteiger partial charge in [-0.05, 0) is 19.1 Å². The number of aliphatic hydroxyl groups excluding tert-OH is 1. The van der Waals surface area contributed by atoms with Crippen LogP contribution in [0.2, 0.25) is 0 Å². The van der Waals surface area contributed by atoms with Gasteiger partial charge < -0.3 is 15.3 Å². The molecule has 104 valence electrons. The summed E-state index contributed by atoms with van der Waals surface area (Å²) in [5, 5.41) is 22.5. The summed E-state index contributed by atoms with van der Waals surface area (Å²) >= 11 is 0. The SMILES string of the molecule is CC(O)CNC(=O)c1ccc(N(C)C)c([N+](=O)[O-])c1. The molecule has 0 heterocycles. The van der Waals surface area contributed by atoms with Crippen molar-refractivity contribution in [2.24, 2.45) is 0 Å². The van der Waals surface area contributed by atoms with E-state index in [1.807, 2.05) is 0 Å². The van der Waals surface area contributed by atoms with E-state index in [-0.39, 0.29) is 17.8 Å². The normalized spacial score (nSPS) is 11.8. The van der Waals surface area contributed by atoms with E-state index >= 15 is 0 Å². The molecule has 0 aromatic heterocycles. The van der Waals surface area contributed by atoms with Gasteiger partial charge in [-0.2, -0.15) is 0 Å². The van der Waals surface area contributed by atoms with Gasteiger partial charge in [0.1, 0.15) is 5.69 Å². The van der Waals surface area contributed by atoms with E-state index in [1.54, 1.807) is 19.0 Å². The largest absolute Gasteiger partial charge is 0.392 e. The molecule has 1 aromatic carbocycles. The Balaban J connectivity index is 3.02. The number of carbonyl (C=O) groups excluding carboxylic acids is 1. The summed E-state index contributed by atoms with van der Waals surface area (Å²) < 4.78 is 0. The first-order valence-electron chi connectivity index (χ1n) is 5.75. The van der Waals surface area contributed by atoms with Gasteiger partial charge in [0, 0.05) is 32.3 Å². The molecule has 1 amide bonds. The number of hydrogen-bond acceptors (Lipinski definition) is 5. The van der Waals surface area contributed by atoms with Crippen LogP contribution in [0.5, 0.6) is 0 Å². The Kier molecular flexibility index (Phi) is 4.82. The maximum atomic E-state index is 11.7. The molecule has 0 aliphatic rings. The first-order valence-corrected chi connectivity index (χ1v) is 5.75. The Morgan fingerprint density at radius 3 is 2.63 bits per heavy atom. The van der Waals surface area contributed by atoms with Crippen molar-refractivity contribution in [1.29, 1.82) is 0 Å². The third-order valence-electron chi connectivity index (χ3n) is 2.47. The molecule has 0 bridgehead atoms. The molecule has 0 spiro atoms. The summed E-state index contributed by atoms with van der Waals surface area (Å²) in [6, 6.07) is 4.27. The van der Waals surface area contributed by atoms with Crippen molar-refractivity contribution in [3.8, 4) is 0 Å². The predicted octanol–water partition coefficient (Wildman–Crippen LogP) is 0.771. The van der Waals surface area contributed by atoms with Gasteiger partial charge in [0.2, 0.25) is 0 Å². The molecule has 2 N–H and O–H groups in total. The van der Waals surface area contributed by atoms with Crippen molar-refractivity contribution in [3.63, 3.8) is 0 Å². The second kappa shape index (κ2) is 6.14. The Morgan fingerprint density at radius 2 is 2.16 bits per heavy atom. The number of amides is 1. The third kappa shape index (κ3) is 3.92. The summed E-state index contributed by atoms with van der Waals surface area (Å²) in [6.07, 6.45) is -0.667. The van der Waals surface area contributed by atoms with Crippen LogP contribution in [0.3, 0.4) is 0 Å². The lowest BCUT2D eigenvalue weighted by Gasteiger charge is -2.13. The minimum atomic E-state index is -0.667. The zero-order valence-electron chi connectivity index (χ0n) is 11.1. The quantitative estimate of drug-likeness (QED) is 0.607. The fourth-order valence-electron chi connectivity index (χ4n) is 1.53. The highest BCUT2D eigenvalue weighted by Crippen LogP contribution is 2.27. The summed E-state index contributed by atoms with van der Waals surface area (Å²) in [6.45, 7) is 1.64. The minimum absolute atomic E-state index is 0.0993. The number of anilines is 1. The van der Waals surface area contributed by atoms with Crippen molar-refractivity contribution >= 4 is 17.3 Å². The van der Waals surface area contributed by atoms with Crippen LogP contribution >= 0.6 is 0 Å². The van der Waals surface area contributed by atoms with Crippen LogP contribution in [0, 0.1) is 10.1 Å². The van der Waals surface area contributed by atoms with E-state index in [1.165, 1.54) is 25.1 Å². The van der Waals surface area contributed by atoms with Crippen LogP contribution in [0.25, 0.3) is 0 Å². The van der Waals surface area contributed by atoms with Crippen molar-refractivity contribution < 1.29 is 14.8 Å². The van der Waals surface area contributed by atoms with E-state index in [2.05, 4.69) is 5.32 Å². The molecule has 0 saturated carbocycles. The summed E-state index contributed by atoms with van der Waals surface area (Å²) in [4.78, 5) is 23.8. The Labute approximate surface area is 111 Å². The van der Waals surface area contributed by atoms with E-state index in [4.69, 9.17) is 5.11 Å². The van der Waals surface area contributed by atoms with Gasteiger partial charge in [0.15, 0.2) is 0 Å². The van der Waals surface area contributed by atoms with Gasteiger partial charge in [-0.15, -0.1) is 0 Å². The maximum absolute atomic E-state index is 11.7. The minimum Gasteiger partial charge on any atom is -0.392 e. The van der Waals surface area contributed by atoms with E-state index in [0.717, 1.165) is 0 Å². The molecule has 0 saturated heterocycles. The molecular formula is C12H17N3O4. The average molecular weight is 267 g/mol. The number of carbonyl (C=O) groups is 1. The zero-order valence-corrected chi connectivity index (χ0v) is 11.1. The standard InChI is InChI=1S/C12H17N3O4/c1-8(16)7-13-12(17)9-4-5-10(14(2)3)11(6-9)15(18)19/h4-6,8,16H,7H2,1-3H3,(H,13,17). The molecule has 1 unspecified atom stereocenters. The van der Waals surface area contributed by atoms with Gasteiger partial charge in [-0.3, -0.25) is 14.9 Å². The molecule has 0 radical (unpaired) electrons. The Hall–Kier alpha value is -2.15.